The molecule has 4 nitrogen and oxygen atoms in total. The summed E-state index contributed by atoms with van der Waals surface area (Å²) in [7, 11) is 0. The Morgan fingerprint density at radius 1 is 1.16 bits per heavy atom. The van der Waals surface area contributed by atoms with E-state index in [9.17, 15) is 22.8 Å². The Morgan fingerprint density at radius 2 is 1.84 bits per heavy atom. The average molecular weight is 352 g/mol. The fraction of sp³-hybridized carbons (Fsp3) is 0.333. The van der Waals surface area contributed by atoms with E-state index in [0.717, 1.165) is 22.6 Å². The van der Waals surface area contributed by atoms with Crippen LogP contribution < -0.4 is 10.9 Å². The number of rotatable bonds is 6. The molecule has 0 saturated heterocycles. The summed E-state index contributed by atoms with van der Waals surface area (Å²) in [4.78, 5) is 23.8. The summed E-state index contributed by atoms with van der Waals surface area (Å²) in [5.41, 5.74) is -1.36. The molecule has 1 heterocycles. The number of aryl methyl sites for hydroxylation is 1. The van der Waals surface area contributed by atoms with Gasteiger partial charge >= 0.3 is 6.18 Å². The molecule has 1 N–H and O–H groups in total. The van der Waals surface area contributed by atoms with Crippen molar-refractivity contribution >= 4 is 5.91 Å². The molecule has 1 unspecified atom stereocenters. The van der Waals surface area contributed by atoms with Crippen LogP contribution in [0.3, 0.4) is 0 Å². The highest BCUT2D eigenvalue weighted by molar-refractivity contribution is 5.76. The van der Waals surface area contributed by atoms with Crippen molar-refractivity contribution in [3.8, 4) is 0 Å². The Morgan fingerprint density at radius 3 is 2.48 bits per heavy atom. The molecular formula is C18H19F3N2O2. The van der Waals surface area contributed by atoms with Crippen molar-refractivity contribution < 1.29 is 18.0 Å². The monoisotopic (exact) mass is 352 g/mol. The third-order valence-electron chi connectivity index (χ3n) is 3.76. The Bertz CT molecular complexity index is 770. The van der Waals surface area contributed by atoms with Crippen molar-refractivity contribution in [3.63, 3.8) is 0 Å². The number of pyridine rings is 1. The highest BCUT2D eigenvalue weighted by Gasteiger charge is 2.34. The van der Waals surface area contributed by atoms with Crippen molar-refractivity contribution in [1.29, 1.82) is 0 Å². The standard InChI is InChI=1S/C18H19F3N2O2/c1-13(9-10-14-6-3-2-4-7-14)22-16(24)12-23-11-5-8-15(17(23)25)18(19,20)21/h2-8,11,13H,9-10,12H2,1H3,(H,22,24). The molecule has 0 radical (unpaired) electrons. The van der Waals surface area contributed by atoms with Crippen LogP contribution >= 0.6 is 0 Å². The topological polar surface area (TPSA) is 51.1 Å². The van der Waals surface area contributed by atoms with Crippen LogP contribution in [0.5, 0.6) is 0 Å². The predicted molar refractivity (Wildman–Crippen MR) is 88.1 cm³/mol. The number of hydrogen-bond acceptors (Lipinski definition) is 2. The lowest BCUT2D eigenvalue weighted by molar-refractivity contribution is -0.139. The van der Waals surface area contributed by atoms with Crippen LogP contribution in [0.25, 0.3) is 0 Å². The smallest absolute Gasteiger partial charge is 0.352 e. The lowest BCUT2D eigenvalue weighted by atomic mass is 10.1. The number of carbonyl (C=O) groups excluding carboxylic acids is 1. The van der Waals surface area contributed by atoms with Gasteiger partial charge in [0.05, 0.1) is 0 Å². The minimum absolute atomic E-state index is 0.158. The van der Waals surface area contributed by atoms with Gasteiger partial charge in [0.25, 0.3) is 5.56 Å². The third-order valence-corrected chi connectivity index (χ3v) is 3.76. The molecule has 25 heavy (non-hydrogen) atoms. The number of aromatic nitrogens is 1. The molecule has 0 bridgehead atoms. The van der Waals surface area contributed by atoms with Gasteiger partial charge < -0.3 is 9.88 Å². The van der Waals surface area contributed by atoms with Gasteiger partial charge in [-0.15, -0.1) is 0 Å². The van der Waals surface area contributed by atoms with Crippen molar-refractivity contribution in [2.75, 3.05) is 0 Å². The average Bonchev–Trinajstić information content (AvgIpc) is 2.54. The molecule has 1 amide bonds. The van der Waals surface area contributed by atoms with Crippen LogP contribution in [0.15, 0.2) is 53.5 Å². The third kappa shape index (κ3) is 5.48. The largest absolute Gasteiger partial charge is 0.421 e. The number of alkyl halides is 3. The van der Waals surface area contributed by atoms with Crippen molar-refractivity contribution in [1.82, 2.24) is 9.88 Å². The second-order valence-electron chi connectivity index (χ2n) is 5.85. The van der Waals surface area contributed by atoms with E-state index in [-0.39, 0.29) is 6.04 Å². The molecule has 2 rings (SSSR count). The molecule has 1 aromatic carbocycles. The van der Waals surface area contributed by atoms with Gasteiger partial charge in [-0.2, -0.15) is 13.2 Å². The number of benzene rings is 1. The normalized spacial score (nSPS) is 12.6. The van der Waals surface area contributed by atoms with Crippen molar-refractivity contribution in [2.45, 2.75) is 38.5 Å². The Hall–Kier alpha value is -2.57. The molecule has 0 aliphatic heterocycles. The molecular weight excluding hydrogens is 333 g/mol. The maximum atomic E-state index is 12.7. The van der Waals surface area contributed by atoms with Crippen LogP contribution in [0, 0.1) is 0 Å². The SMILES string of the molecule is CC(CCc1ccccc1)NC(=O)Cn1cccc(C(F)(F)F)c1=O. The van der Waals surface area contributed by atoms with E-state index in [2.05, 4.69) is 5.32 Å². The van der Waals surface area contributed by atoms with E-state index in [4.69, 9.17) is 0 Å². The van der Waals surface area contributed by atoms with E-state index < -0.39 is 29.8 Å². The van der Waals surface area contributed by atoms with Crippen molar-refractivity contribution in [3.05, 3.63) is 70.1 Å². The van der Waals surface area contributed by atoms with Crippen LogP contribution in [-0.4, -0.2) is 16.5 Å². The maximum Gasteiger partial charge on any atom is 0.421 e. The molecule has 134 valence electrons. The number of nitrogens with zero attached hydrogens (tertiary/aromatic N) is 1. The number of halogens is 3. The van der Waals surface area contributed by atoms with E-state index >= 15 is 0 Å². The minimum atomic E-state index is -4.74. The number of nitrogens with one attached hydrogen (secondary N) is 1. The van der Waals surface area contributed by atoms with E-state index in [1.807, 2.05) is 37.3 Å². The van der Waals surface area contributed by atoms with Gasteiger partial charge in [-0.05, 0) is 37.5 Å². The Kier molecular flexibility index (Phi) is 6.01. The lowest BCUT2D eigenvalue weighted by Gasteiger charge is -2.15. The zero-order valence-electron chi connectivity index (χ0n) is 13.7. The highest BCUT2D eigenvalue weighted by atomic mass is 19.4. The second-order valence-corrected chi connectivity index (χ2v) is 5.85. The van der Waals surface area contributed by atoms with Gasteiger partial charge in [-0.25, -0.2) is 0 Å². The summed E-state index contributed by atoms with van der Waals surface area (Å²) < 4.78 is 38.9. The van der Waals surface area contributed by atoms with Gasteiger partial charge in [-0.1, -0.05) is 30.3 Å². The molecule has 1 aromatic heterocycles. The fourth-order valence-electron chi connectivity index (χ4n) is 2.45. The van der Waals surface area contributed by atoms with Gasteiger partial charge in [0.15, 0.2) is 0 Å². The summed E-state index contributed by atoms with van der Waals surface area (Å²) in [6.45, 7) is 1.37. The lowest BCUT2D eigenvalue weighted by Crippen LogP contribution is -2.38. The summed E-state index contributed by atoms with van der Waals surface area (Å²) in [5, 5.41) is 2.70. The van der Waals surface area contributed by atoms with Crippen LogP contribution in [0.4, 0.5) is 13.2 Å². The van der Waals surface area contributed by atoms with E-state index in [1.54, 1.807) is 0 Å². The van der Waals surface area contributed by atoms with Crippen molar-refractivity contribution in [2.24, 2.45) is 0 Å². The summed E-state index contributed by atoms with van der Waals surface area (Å²) in [6, 6.07) is 11.4. The van der Waals surface area contributed by atoms with Gasteiger partial charge in [0.1, 0.15) is 12.1 Å². The minimum Gasteiger partial charge on any atom is -0.352 e. The molecule has 2 aromatic rings. The second kappa shape index (κ2) is 8.00. The molecule has 0 spiro atoms. The first-order valence-corrected chi connectivity index (χ1v) is 7.87. The predicted octanol–water partition coefficient (Wildman–Crippen LogP) is 3.00. The van der Waals surface area contributed by atoms with E-state index in [1.165, 1.54) is 6.20 Å². The molecule has 7 heteroatoms. The number of hydrogen-bond donors (Lipinski definition) is 1. The number of carbonyl (C=O) groups is 1. The zero-order valence-corrected chi connectivity index (χ0v) is 13.7. The molecule has 0 aliphatic carbocycles. The van der Waals surface area contributed by atoms with Crippen LogP contribution in [0.1, 0.15) is 24.5 Å². The van der Waals surface area contributed by atoms with Gasteiger partial charge in [-0.3, -0.25) is 9.59 Å². The number of amides is 1. The zero-order chi connectivity index (χ0) is 18.4. The molecule has 0 fully saturated rings. The van der Waals surface area contributed by atoms with E-state index in [0.29, 0.717) is 12.5 Å². The summed E-state index contributed by atoms with van der Waals surface area (Å²) in [6.07, 6.45) is -2.11. The van der Waals surface area contributed by atoms with Gasteiger partial charge in [0.2, 0.25) is 5.91 Å². The summed E-state index contributed by atoms with van der Waals surface area (Å²) in [5.74, 6) is -0.498. The van der Waals surface area contributed by atoms with Crippen LogP contribution in [0.2, 0.25) is 0 Å². The molecule has 0 aliphatic rings. The Balaban J connectivity index is 1.93. The summed E-state index contributed by atoms with van der Waals surface area (Å²) >= 11 is 0. The first kappa shape index (κ1) is 18.8. The Labute approximate surface area is 143 Å². The first-order valence-electron chi connectivity index (χ1n) is 7.87. The molecule has 1 atom stereocenters. The fourth-order valence-corrected chi connectivity index (χ4v) is 2.45. The maximum absolute atomic E-state index is 12.7. The quantitative estimate of drug-likeness (QED) is 0.869. The molecule has 0 saturated carbocycles. The first-order chi connectivity index (χ1) is 11.8. The van der Waals surface area contributed by atoms with Crippen LogP contribution in [-0.2, 0) is 23.9 Å². The highest BCUT2D eigenvalue weighted by Crippen LogP contribution is 2.25. The van der Waals surface area contributed by atoms with Gasteiger partial charge in [0, 0.05) is 12.2 Å².